The topological polar surface area (TPSA) is 194 Å². The predicted molar refractivity (Wildman–Crippen MR) is 260 cm³/mol. The van der Waals surface area contributed by atoms with E-state index in [0.717, 1.165) is 35.9 Å². The molecule has 6 N–H and O–H groups in total. The lowest BCUT2D eigenvalue weighted by Gasteiger charge is -2.35. The fourth-order valence-corrected chi connectivity index (χ4v) is 9.94. The van der Waals surface area contributed by atoms with Gasteiger partial charge in [-0.15, -0.1) is 0 Å². The van der Waals surface area contributed by atoms with Crippen LogP contribution in [0.25, 0.3) is 0 Å². The van der Waals surface area contributed by atoms with Crippen LogP contribution in [0.2, 0.25) is 0 Å². The van der Waals surface area contributed by atoms with E-state index in [-0.39, 0.29) is 54.6 Å². The van der Waals surface area contributed by atoms with E-state index in [4.69, 9.17) is 4.74 Å². The summed E-state index contributed by atoms with van der Waals surface area (Å²) in [5, 5.41) is 17.0. The van der Waals surface area contributed by atoms with Crippen LogP contribution in [-0.2, 0) is 51.9 Å². The molecule has 2 saturated heterocycles. The Morgan fingerprint density at radius 1 is 0.901 bits per heavy atom. The van der Waals surface area contributed by atoms with Crippen molar-refractivity contribution in [1.82, 2.24) is 31.1 Å². The molecule has 0 radical (unpaired) electrons. The summed E-state index contributed by atoms with van der Waals surface area (Å²) in [6.07, 6.45) is 1.37. The van der Waals surface area contributed by atoms with Gasteiger partial charge in [-0.05, 0) is 123 Å². The molecule has 4 aromatic carbocycles. The van der Waals surface area contributed by atoms with Gasteiger partial charge in [0.2, 0.25) is 29.5 Å². The number of piperazine rings is 1. The van der Waals surface area contributed by atoms with Crippen molar-refractivity contribution in [3.8, 4) is 0 Å². The summed E-state index contributed by atoms with van der Waals surface area (Å²) in [4.78, 5) is 89.3. The minimum absolute atomic E-state index is 0.0180. The van der Waals surface area contributed by atoms with E-state index in [2.05, 4.69) is 43.7 Å². The number of benzene rings is 4. The van der Waals surface area contributed by atoms with E-state index in [1.807, 2.05) is 18.2 Å². The third-order valence-corrected chi connectivity index (χ3v) is 14.0. The molecule has 2 unspecified atom stereocenters. The van der Waals surface area contributed by atoms with Gasteiger partial charge in [-0.25, -0.2) is 13.2 Å². The molecule has 376 valence electrons. The Hall–Kier alpha value is -6.67. The largest absolute Gasteiger partial charge is 0.381 e. The van der Waals surface area contributed by atoms with E-state index < -0.39 is 76.9 Å². The van der Waals surface area contributed by atoms with E-state index in [0.29, 0.717) is 62.4 Å². The Labute approximate surface area is 410 Å². The molecule has 8 rings (SSSR count). The molecule has 0 bridgehead atoms. The number of para-hydroxylation sites is 1. The van der Waals surface area contributed by atoms with Gasteiger partial charge in [0.25, 0.3) is 5.91 Å². The normalized spacial score (nSPS) is 20.9. The van der Waals surface area contributed by atoms with Crippen molar-refractivity contribution in [1.29, 1.82) is 0 Å². The van der Waals surface area contributed by atoms with Crippen LogP contribution >= 0.6 is 0 Å². The standard InChI is InChI=1S/C52H60F3N9O7/c1-30-26-62(19-18-57-30)28-44(66)64-29-52(3,39-15-10-33(23-42(39)64)22-32-8-12-36(53)13-9-32)51(70)58-25-43(65)59-37-14-11-35-27-63(47(38(35)24-37)49(68)61-46-40(54)6-5-7-41(46)55)50(69)45(34-16-20-71-21-17-34)60-48(67)31(2)56-4/h5-15,23-24,30-31,34,45,47,56-57H,16-22,25-29H2,1-4H3,(H,58,70)(H,59,65)(H,60,67)(H,61,68)/t30-,31+,45?,47+,52?/m1/s1. The van der Waals surface area contributed by atoms with Gasteiger partial charge in [-0.3, -0.25) is 33.7 Å². The summed E-state index contributed by atoms with van der Waals surface area (Å²) in [6, 6.07) is 16.6. The van der Waals surface area contributed by atoms with Crippen LogP contribution in [0, 0.1) is 23.4 Å². The maximum atomic E-state index is 14.9. The number of nitrogens with zero attached hydrogens (tertiary/aromatic N) is 3. The lowest BCUT2D eigenvalue weighted by Crippen LogP contribution is -2.56. The van der Waals surface area contributed by atoms with Crippen molar-refractivity contribution in [2.45, 2.75) is 76.2 Å². The van der Waals surface area contributed by atoms with Crippen LogP contribution in [0.4, 0.5) is 30.2 Å². The SMILES string of the molecule is CN[C@@H](C)C(=O)NC(C(=O)N1Cc2ccc(NC(=O)CNC(=O)C3(C)CN(C(=O)CN4CCN[C@H](C)C4)c4cc(Cc5ccc(F)cc5)ccc43)cc2[C@H]1C(=O)Nc1c(F)cccc1F)C1CCOCC1. The number of nitrogens with one attached hydrogen (secondary N) is 6. The molecule has 2 fully saturated rings. The summed E-state index contributed by atoms with van der Waals surface area (Å²) in [5.74, 6) is -6.02. The minimum atomic E-state index is -1.45. The highest BCUT2D eigenvalue weighted by Gasteiger charge is 2.48. The molecule has 0 aromatic heterocycles. The smallest absolute Gasteiger partial charge is 0.252 e. The van der Waals surface area contributed by atoms with Gasteiger partial charge in [0.15, 0.2) is 0 Å². The Morgan fingerprint density at radius 3 is 2.32 bits per heavy atom. The average Bonchev–Trinajstić information content (AvgIpc) is 3.89. The van der Waals surface area contributed by atoms with E-state index in [1.54, 1.807) is 50.1 Å². The average molecular weight is 980 g/mol. The molecule has 4 aliphatic heterocycles. The minimum Gasteiger partial charge on any atom is -0.381 e. The molecule has 0 aliphatic carbocycles. The zero-order valence-electron chi connectivity index (χ0n) is 40.2. The quantitative estimate of drug-likeness (QED) is 0.102. The first-order chi connectivity index (χ1) is 34.0. The van der Waals surface area contributed by atoms with Crippen molar-refractivity contribution in [3.05, 3.63) is 124 Å². The van der Waals surface area contributed by atoms with Crippen LogP contribution < -0.4 is 36.8 Å². The van der Waals surface area contributed by atoms with E-state index in [9.17, 15) is 41.9 Å². The molecular formula is C52H60F3N9O7. The maximum absolute atomic E-state index is 14.9. The molecule has 4 aliphatic rings. The van der Waals surface area contributed by atoms with E-state index in [1.165, 1.54) is 23.1 Å². The van der Waals surface area contributed by atoms with Gasteiger partial charge in [0.05, 0.1) is 24.5 Å². The number of halogens is 3. The van der Waals surface area contributed by atoms with Gasteiger partial charge in [-0.2, -0.15) is 0 Å². The molecule has 5 atom stereocenters. The highest BCUT2D eigenvalue weighted by atomic mass is 19.1. The number of rotatable bonds is 15. The predicted octanol–water partition coefficient (Wildman–Crippen LogP) is 3.89. The second-order valence-electron chi connectivity index (χ2n) is 19.1. The van der Waals surface area contributed by atoms with Crippen molar-refractivity contribution in [2.75, 3.05) is 75.1 Å². The van der Waals surface area contributed by atoms with Crippen molar-refractivity contribution < 1.29 is 46.7 Å². The first-order valence-corrected chi connectivity index (χ1v) is 24.0. The van der Waals surface area contributed by atoms with Crippen molar-refractivity contribution >= 4 is 52.5 Å². The number of hydrogen-bond acceptors (Lipinski definition) is 10. The van der Waals surface area contributed by atoms with E-state index >= 15 is 0 Å². The fourth-order valence-electron chi connectivity index (χ4n) is 9.94. The number of hydrogen-bond donors (Lipinski definition) is 6. The molecule has 4 aromatic rings. The molecule has 0 saturated carbocycles. The summed E-state index contributed by atoms with van der Waals surface area (Å²) < 4.78 is 49.1. The number of ether oxygens (including phenoxy) is 1. The Balaban J connectivity index is 1.01. The highest BCUT2D eigenvalue weighted by molar-refractivity contribution is 6.05. The third-order valence-electron chi connectivity index (χ3n) is 14.0. The number of carbonyl (C=O) groups is 6. The Kier molecular flexibility index (Phi) is 15.5. The highest BCUT2D eigenvalue weighted by Crippen LogP contribution is 2.43. The van der Waals surface area contributed by atoms with Gasteiger partial charge >= 0.3 is 0 Å². The number of amides is 6. The summed E-state index contributed by atoms with van der Waals surface area (Å²) in [7, 11) is 1.61. The van der Waals surface area contributed by atoms with Crippen molar-refractivity contribution in [2.24, 2.45) is 5.92 Å². The van der Waals surface area contributed by atoms with Gasteiger partial charge in [0.1, 0.15) is 35.2 Å². The van der Waals surface area contributed by atoms with Crippen LogP contribution in [0.15, 0.2) is 78.9 Å². The van der Waals surface area contributed by atoms with Gasteiger partial charge in [-0.1, -0.05) is 36.4 Å². The first-order valence-electron chi connectivity index (χ1n) is 24.0. The Bertz CT molecular complexity index is 2660. The molecule has 16 nitrogen and oxygen atoms in total. The van der Waals surface area contributed by atoms with Crippen LogP contribution in [0.1, 0.15) is 67.5 Å². The summed E-state index contributed by atoms with van der Waals surface area (Å²) in [5.41, 5.74) is 1.93. The maximum Gasteiger partial charge on any atom is 0.252 e. The second kappa shape index (κ2) is 21.8. The van der Waals surface area contributed by atoms with Crippen LogP contribution in [0.3, 0.4) is 0 Å². The Morgan fingerprint density at radius 2 is 1.62 bits per heavy atom. The lowest BCUT2D eigenvalue weighted by atomic mass is 9.83. The second-order valence-corrected chi connectivity index (χ2v) is 19.1. The fraction of sp³-hybridized carbons (Fsp3) is 0.423. The summed E-state index contributed by atoms with van der Waals surface area (Å²) >= 11 is 0. The zero-order valence-corrected chi connectivity index (χ0v) is 40.2. The molecule has 71 heavy (non-hydrogen) atoms. The monoisotopic (exact) mass is 979 g/mol. The van der Waals surface area contributed by atoms with Crippen molar-refractivity contribution in [3.63, 3.8) is 0 Å². The molecule has 0 spiro atoms. The molecule has 4 heterocycles. The van der Waals surface area contributed by atoms with Crippen LogP contribution in [-0.4, -0.2) is 123 Å². The first kappa shape index (κ1) is 50.7. The van der Waals surface area contributed by atoms with Gasteiger partial charge in [0, 0.05) is 63.4 Å². The molecular weight excluding hydrogens is 920 g/mol. The molecule has 6 amide bonds. The number of anilines is 3. The number of fused-ring (bicyclic) bond motifs is 2. The number of likely N-dealkylation sites (N-methyl/N-ethyl adjacent to an activating group) is 1. The zero-order chi connectivity index (χ0) is 50.6. The van der Waals surface area contributed by atoms with Gasteiger partial charge < -0.3 is 46.4 Å². The molecule has 19 heteroatoms. The van der Waals surface area contributed by atoms with Crippen LogP contribution in [0.5, 0.6) is 0 Å². The summed E-state index contributed by atoms with van der Waals surface area (Å²) in [6.45, 7) is 7.81. The third kappa shape index (κ3) is 11.3. The lowest BCUT2D eigenvalue weighted by molar-refractivity contribution is -0.144. The number of carbonyl (C=O) groups excluding carboxylic acids is 6.